The van der Waals surface area contributed by atoms with Crippen molar-refractivity contribution >= 4 is 0 Å². The molecule has 0 spiro atoms. The lowest BCUT2D eigenvalue weighted by Crippen LogP contribution is -2.49. The summed E-state index contributed by atoms with van der Waals surface area (Å²) < 4.78 is 10.7. The van der Waals surface area contributed by atoms with Crippen LogP contribution in [0, 0.1) is 0 Å². The number of rotatable bonds is 5. The average molecular weight is 189 g/mol. The van der Waals surface area contributed by atoms with E-state index in [-0.39, 0.29) is 5.54 Å². The molecule has 0 heterocycles. The number of nitrogens with one attached hydrogen (secondary N) is 1. The second-order valence-corrected chi connectivity index (χ2v) is 4.28. The van der Waals surface area contributed by atoms with Crippen molar-refractivity contribution in [1.82, 2.24) is 5.32 Å². The zero-order valence-corrected chi connectivity index (χ0v) is 9.73. The highest BCUT2D eigenvalue weighted by atomic mass is 16.7. The van der Waals surface area contributed by atoms with Gasteiger partial charge in [-0.1, -0.05) is 6.92 Å². The van der Waals surface area contributed by atoms with Crippen molar-refractivity contribution in [2.24, 2.45) is 0 Å². The maximum Gasteiger partial charge on any atom is 0.179 e. The number of hydrogen-bond acceptors (Lipinski definition) is 3. The molecule has 3 nitrogen and oxygen atoms in total. The monoisotopic (exact) mass is 189 g/mol. The van der Waals surface area contributed by atoms with Crippen LogP contribution < -0.4 is 5.32 Å². The Morgan fingerprint density at radius 2 is 1.54 bits per heavy atom. The third kappa shape index (κ3) is 4.60. The zero-order valence-electron chi connectivity index (χ0n) is 9.73. The predicted octanol–water partition coefficient (Wildman–Crippen LogP) is 1.77. The van der Waals surface area contributed by atoms with Crippen LogP contribution >= 0.6 is 0 Å². The molecule has 0 saturated heterocycles. The van der Waals surface area contributed by atoms with E-state index in [0.717, 1.165) is 6.42 Å². The maximum atomic E-state index is 5.35. The highest BCUT2D eigenvalue weighted by molar-refractivity contribution is 4.77. The van der Waals surface area contributed by atoms with E-state index in [1.807, 2.05) is 0 Å². The molecule has 0 aromatic heterocycles. The Hall–Kier alpha value is -0.120. The summed E-state index contributed by atoms with van der Waals surface area (Å²) >= 11 is 0. The van der Waals surface area contributed by atoms with Gasteiger partial charge in [0.15, 0.2) is 5.79 Å². The molecule has 0 fully saturated rings. The van der Waals surface area contributed by atoms with Crippen LogP contribution in [-0.4, -0.2) is 32.1 Å². The van der Waals surface area contributed by atoms with E-state index in [1.54, 1.807) is 14.2 Å². The second-order valence-electron chi connectivity index (χ2n) is 4.28. The minimum absolute atomic E-state index is 0.0947. The molecule has 3 heteroatoms. The molecule has 0 unspecified atom stereocenters. The van der Waals surface area contributed by atoms with Crippen molar-refractivity contribution in [2.75, 3.05) is 20.8 Å². The van der Waals surface area contributed by atoms with Gasteiger partial charge in [-0.15, -0.1) is 0 Å². The Morgan fingerprint density at radius 1 is 1.08 bits per heavy atom. The van der Waals surface area contributed by atoms with Crippen molar-refractivity contribution in [3.63, 3.8) is 0 Å². The van der Waals surface area contributed by atoms with Crippen LogP contribution in [0.4, 0.5) is 0 Å². The van der Waals surface area contributed by atoms with Gasteiger partial charge in [0, 0.05) is 19.8 Å². The second kappa shape index (κ2) is 4.94. The van der Waals surface area contributed by atoms with Gasteiger partial charge in [0.2, 0.25) is 0 Å². The number of methoxy groups -OCH3 is 2. The first-order valence-corrected chi connectivity index (χ1v) is 4.74. The molecule has 0 radical (unpaired) electrons. The van der Waals surface area contributed by atoms with Crippen LogP contribution in [0.3, 0.4) is 0 Å². The summed E-state index contributed by atoms with van der Waals surface area (Å²) in [6.07, 6.45) is 0.836. The Bertz CT molecular complexity index is 128. The minimum atomic E-state index is -0.479. The SMILES string of the molecule is CCC(CNC(C)(C)C)(OC)OC. The van der Waals surface area contributed by atoms with Gasteiger partial charge in [0.25, 0.3) is 0 Å². The number of ether oxygens (including phenoxy) is 2. The van der Waals surface area contributed by atoms with Crippen LogP contribution in [0.2, 0.25) is 0 Å². The van der Waals surface area contributed by atoms with Gasteiger partial charge in [-0.25, -0.2) is 0 Å². The van der Waals surface area contributed by atoms with E-state index in [2.05, 4.69) is 33.0 Å². The Kier molecular flexibility index (Phi) is 4.89. The minimum Gasteiger partial charge on any atom is -0.352 e. The summed E-state index contributed by atoms with van der Waals surface area (Å²) in [5.74, 6) is -0.479. The lowest BCUT2D eigenvalue weighted by atomic mass is 10.1. The van der Waals surface area contributed by atoms with Crippen molar-refractivity contribution in [2.45, 2.75) is 45.4 Å². The third-order valence-electron chi connectivity index (χ3n) is 2.17. The van der Waals surface area contributed by atoms with Crippen LogP contribution in [-0.2, 0) is 9.47 Å². The van der Waals surface area contributed by atoms with E-state index in [1.165, 1.54) is 0 Å². The van der Waals surface area contributed by atoms with E-state index < -0.39 is 5.79 Å². The molecular weight excluding hydrogens is 166 g/mol. The molecule has 1 N–H and O–H groups in total. The first-order chi connectivity index (χ1) is 5.89. The van der Waals surface area contributed by atoms with E-state index in [0.29, 0.717) is 6.54 Å². The van der Waals surface area contributed by atoms with Crippen molar-refractivity contribution < 1.29 is 9.47 Å². The highest BCUT2D eigenvalue weighted by Gasteiger charge is 2.28. The number of hydrogen-bond donors (Lipinski definition) is 1. The maximum absolute atomic E-state index is 5.35. The van der Waals surface area contributed by atoms with Crippen LogP contribution in [0.15, 0.2) is 0 Å². The summed E-state index contributed by atoms with van der Waals surface area (Å²) in [6, 6.07) is 0. The first-order valence-electron chi connectivity index (χ1n) is 4.74. The van der Waals surface area contributed by atoms with Crippen LogP contribution in [0.25, 0.3) is 0 Å². The third-order valence-corrected chi connectivity index (χ3v) is 2.17. The first kappa shape index (κ1) is 12.9. The summed E-state index contributed by atoms with van der Waals surface area (Å²) in [5, 5.41) is 3.37. The van der Waals surface area contributed by atoms with Crippen molar-refractivity contribution in [1.29, 1.82) is 0 Å². The van der Waals surface area contributed by atoms with E-state index in [4.69, 9.17) is 9.47 Å². The highest BCUT2D eigenvalue weighted by Crippen LogP contribution is 2.15. The van der Waals surface area contributed by atoms with Crippen molar-refractivity contribution in [3.05, 3.63) is 0 Å². The standard InChI is InChI=1S/C10H23NO2/c1-7-10(12-5,13-6)8-11-9(2,3)4/h11H,7-8H2,1-6H3. The molecule has 0 aliphatic heterocycles. The van der Waals surface area contributed by atoms with Gasteiger partial charge in [-0.3, -0.25) is 0 Å². The average Bonchev–Trinajstić information content (AvgIpc) is 2.06. The van der Waals surface area contributed by atoms with Gasteiger partial charge < -0.3 is 14.8 Å². The van der Waals surface area contributed by atoms with E-state index >= 15 is 0 Å². The van der Waals surface area contributed by atoms with Gasteiger partial charge in [-0.2, -0.15) is 0 Å². The molecule has 0 aliphatic rings. The quantitative estimate of drug-likeness (QED) is 0.669. The summed E-state index contributed by atoms with van der Waals surface area (Å²) in [6.45, 7) is 9.13. The lowest BCUT2D eigenvalue weighted by Gasteiger charge is -2.33. The molecule has 0 rings (SSSR count). The van der Waals surface area contributed by atoms with Crippen molar-refractivity contribution in [3.8, 4) is 0 Å². The molecule has 80 valence electrons. The molecule has 0 aromatic rings. The fourth-order valence-electron chi connectivity index (χ4n) is 1.04. The summed E-state index contributed by atoms with van der Waals surface area (Å²) in [5.41, 5.74) is 0.0947. The molecule has 0 saturated carbocycles. The molecule has 0 amide bonds. The molecular formula is C10H23NO2. The fourth-order valence-corrected chi connectivity index (χ4v) is 1.04. The summed E-state index contributed by atoms with van der Waals surface area (Å²) in [4.78, 5) is 0. The van der Waals surface area contributed by atoms with Crippen LogP contribution in [0.1, 0.15) is 34.1 Å². The van der Waals surface area contributed by atoms with Gasteiger partial charge >= 0.3 is 0 Å². The van der Waals surface area contributed by atoms with Gasteiger partial charge in [0.1, 0.15) is 0 Å². The summed E-state index contributed by atoms with van der Waals surface area (Å²) in [7, 11) is 3.36. The smallest absolute Gasteiger partial charge is 0.179 e. The topological polar surface area (TPSA) is 30.5 Å². The molecule has 0 bridgehead atoms. The molecule has 0 atom stereocenters. The predicted molar refractivity (Wildman–Crippen MR) is 54.8 cm³/mol. The Balaban J connectivity index is 4.11. The molecule has 13 heavy (non-hydrogen) atoms. The van der Waals surface area contributed by atoms with E-state index in [9.17, 15) is 0 Å². The van der Waals surface area contributed by atoms with Gasteiger partial charge in [0.05, 0.1) is 6.54 Å². The van der Waals surface area contributed by atoms with Crippen LogP contribution in [0.5, 0.6) is 0 Å². The Morgan fingerprint density at radius 3 is 1.77 bits per heavy atom. The molecule has 0 aliphatic carbocycles. The lowest BCUT2D eigenvalue weighted by molar-refractivity contribution is -0.206. The zero-order chi connectivity index (χ0) is 10.5. The normalized spacial score (nSPS) is 13.4. The van der Waals surface area contributed by atoms with Gasteiger partial charge in [-0.05, 0) is 27.2 Å². The largest absolute Gasteiger partial charge is 0.352 e. The Labute approximate surface area is 81.8 Å². The fraction of sp³-hybridized carbons (Fsp3) is 1.00. The molecule has 0 aromatic carbocycles.